The second-order valence-corrected chi connectivity index (χ2v) is 3.07. The number of hydrogen-bond acceptors (Lipinski definition) is 3. The SMILES string of the molecule is [Ni].c1ccncc1.c1ccncc1.c1ccncc1. The molecule has 0 fully saturated rings. The van der Waals surface area contributed by atoms with Gasteiger partial charge in [-0.3, -0.25) is 15.0 Å². The fraction of sp³-hybridized carbons (Fsp3) is 0. The molecule has 0 aliphatic carbocycles. The smallest absolute Gasteiger partial charge is 0.0267 e. The third-order valence-electron chi connectivity index (χ3n) is 1.70. The van der Waals surface area contributed by atoms with Gasteiger partial charge in [0, 0.05) is 53.7 Å². The van der Waals surface area contributed by atoms with Gasteiger partial charge in [-0.05, 0) is 36.4 Å². The summed E-state index contributed by atoms with van der Waals surface area (Å²) in [6, 6.07) is 17.1. The van der Waals surface area contributed by atoms with E-state index in [0.29, 0.717) is 0 Å². The largest absolute Gasteiger partial charge is 0.265 e. The monoisotopic (exact) mass is 295 g/mol. The molecule has 3 aromatic rings. The summed E-state index contributed by atoms with van der Waals surface area (Å²) < 4.78 is 0. The predicted octanol–water partition coefficient (Wildman–Crippen LogP) is 3.24. The summed E-state index contributed by atoms with van der Waals surface area (Å²) in [4.78, 5) is 11.4. The van der Waals surface area contributed by atoms with Gasteiger partial charge in [-0.15, -0.1) is 0 Å². The third-order valence-corrected chi connectivity index (χ3v) is 1.70. The number of hydrogen-bond donors (Lipinski definition) is 0. The predicted molar refractivity (Wildman–Crippen MR) is 72.7 cm³/mol. The molecule has 0 saturated carbocycles. The quantitative estimate of drug-likeness (QED) is 0.598. The average molecular weight is 296 g/mol. The molecule has 3 heterocycles. The van der Waals surface area contributed by atoms with Crippen LogP contribution in [-0.2, 0) is 16.5 Å². The van der Waals surface area contributed by atoms with Crippen LogP contribution in [0.4, 0.5) is 0 Å². The van der Waals surface area contributed by atoms with Crippen molar-refractivity contribution in [3.63, 3.8) is 0 Å². The van der Waals surface area contributed by atoms with Gasteiger partial charge in [0.15, 0.2) is 0 Å². The van der Waals surface area contributed by atoms with Gasteiger partial charge in [-0.25, -0.2) is 0 Å². The average Bonchev–Trinajstić information content (AvgIpc) is 2.54. The van der Waals surface area contributed by atoms with Gasteiger partial charge >= 0.3 is 0 Å². The summed E-state index contributed by atoms with van der Waals surface area (Å²) in [5.41, 5.74) is 0. The van der Waals surface area contributed by atoms with Crippen LogP contribution < -0.4 is 0 Å². The summed E-state index contributed by atoms with van der Waals surface area (Å²) in [6.07, 6.45) is 10.5. The van der Waals surface area contributed by atoms with E-state index in [1.165, 1.54) is 0 Å². The van der Waals surface area contributed by atoms with Crippen molar-refractivity contribution in [3.8, 4) is 0 Å². The molecule has 0 atom stereocenters. The molecule has 0 aliphatic rings. The van der Waals surface area contributed by atoms with Gasteiger partial charge in [0.25, 0.3) is 0 Å². The Bertz CT molecular complexity index is 308. The molecule has 0 saturated heterocycles. The second kappa shape index (κ2) is 14.0. The molecule has 3 aromatic heterocycles. The van der Waals surface area contributed by atoms with Crippen molar-refractivity contribution < 1.29 is 16.5 Å². The number of aromatic nitrogens is 3. The maximum Gasteiger partial charge on any atom is 0.0267 e. The van der Waals surface area contributed by atoms with E-state index in [4.69, 9.17) is 0 Å². The van der Waals surface area contributed by atoms with Crippen LogP contribution >= 0.6 is 0 Å². The first-order valence-electron chi connectivity index (χ1n) is 5.55. The van der Waals surface area contributed by atoms with E-state index in [2.05, 4.69) is 15.0 Å². The number of nitrogens with zero attached hydrogens (tertiary/aromatic N) is 3. The van der Waals surface area contributed by atoms with Gasteiger partial charge in [0.1, 0.15) is 0 Å². The zero-order valence-corrected chi connectivity index (χ0v) is 11.3. The van der Waals surface area contributed by atoms with Gasteiger partial charge in [0.2, 0.25) is 0 Å². The van der Waals surface area contributed by atoms with E-state index in [0.717, 1.165) is 0 Å². The first-order chi connectivity index (χ1) is 9.00. The fourth-order valence-corrected chi connectivity index (χ4v) is 0.938. The Hall–Kier alpha value is -2.06. The van der Waals surface area contributed by atoms with Gasteiger partial charge < -0.3 is 0 Å². The van der Waals surface area contributed by atoms with Crippen LogP contribution in [0.15, 0.2) is 91.8 Å². The standard InChI is InChI=1S/3C5H5N.Ni/c3*1-2-4-6-5-3-1;/h3*1-5H;. The fourth-order valence-electron chi connectivity index (χ4n) is 0.938. The minimum absolute atomic E-state index is 0. The molecule has 0 bridgehead atoms. The molecule has 0 amide bonds. The molecular formula is C15H15N3Ni. The van der Waals surface area contributed by atoms with E-state index in [1.807, 2.05) is 54.6 Å². The molecule has 0 N–H and O–H groups in total. The van der Waals surface area contributed by atoms with Crippen molar-refractivity contribution in [2.45, 2.75) is 0 Å². The second-order valence-electron chi connectivity index (χ2n) is 3.07. The van der Waals surface area contributed by atoms with Crippen LogP contribution in [0.3, 0.4) is 0 Å². The maximum absolute atomic E-state index is 3.78. The summed E-state index contributed by atoms with van der Waals surface area (Å²) in [7, 11) is 0. The molecule has 19 heavy (non-hydrogen) atoms. The minimum Gasteiger partial charge on any atom is -0.265 e. The zero-order valence-electron chi connectivity index (χ0n) is 10.3. The third kappa shape index (κ3) is 12.2. The Morgan fingerprint density at radius 1 is 0.316 bits per heavy atom. The number of pyridine rings is 3. The normalized spacial score (nSPS) is 7.58. The number of rotatable bonds is 0. The minimum atomic E-state index is 0. The van der Waals surface area contributed by atoms with Crippen LogP contribution in [0.5, 0.6) is 0 Å². The molecule has 4 heteroatoms. The van der Waals surface area contributed by atoms with Crippen molar-refractivity contribution >= 4 is 0 Å². The summed E-state index contributed by atoms with van der Waals surface area (Å²) in [5.74, 6) is 0. The van der Waals surface area contributed by atoms with Crippen molar-refractivity contribution in [2.75, 3.05) is 0 Å². The molecule has 3 rings (SSSR count). The summed E-state index contributed by atoms with van der Waals surface area (Å²) in [6.45, 7) is 0. The maximum atomic E-state index is 3.78. The molecule has 0 aromatic carbocycles. The van der Waals surface area contributed by atoms with Gasteiger partial charge in [-0.1, -0.05) is 18.2 Å². The Balaban J connectivity index is 0.000000249. The van der Waals surface area contributed by atoms with Crippen molar-refractivity contribution in [1.29, 1.82) is 0 Å². The molecule has 0 unspecified atom stereocenters. The van der Waals surface area contributed by atoms with E-state index in [1.54, 1.807) is 37.2 Å². The topological polar surface area (TPSA) is 38.7 Å². The molecule has 0 radical (unpaired) electrons. The van der Waals surface area contributed by atoms with Crippen molar-refractivity contribution in [3.05, 3.63) is 91.8 Å². The van der Waals surface area contributed by atoms with E-state index in [9.17, 15) is 0 Å². The Kier molecular flexibility index (Phi) is 12.5. The zero-order chi connectivity index (χ0) is 12.7. The van der Waals surface area contributed by atoms with Crippen LogP contribution in [0.2, 0.25) is 0 Å². The Morgan fingerprint density at radius 3 is 0.579 bits per heavy atom. The molecule has 0 spiro atoms. The van der Waals surface area contributed by atoms with Gasteiger partial charge in [-0.2, -0.15) is 0 Å². The molecule has 0 aliphatic heterocycles. The molecule has 3 nitrogen and oxygen atoms in total. The van der Waals surface area contributed by atoms with E-state index in [-0.39, 0.29) is 16.5 Å². The first-order valence-corrected chi connectivity index (χ1v) is 5.55. The van der Waals surface area contributed by atoms with E-state index >= 15 is 0 Å². The van der Waals surface area contributed by atoms with Crippen LogP contribution in [0.1, 0.15) is 0 Å². The summed E-state index contributed by atoms with van der Waals surface area (Å²) >= 11 is 0. The first kappa shape index (κ1) is 16.9. The van der Waals surface area contributed by atoms with Crippen LogP contribution in [0, 0.1) is 0 Å². The summed E-state index contributed by atoms with van der Waals surface area (Å²) in [5, 5.41) is 0. The van der Waals surface area contributed by atoms with E-state index < -0.39 is 0 Å². The van der Waals surface area contributed by atoms with Crippen LogP contribution in [-0.4, -0.2) is 15.0 Å². The molecule has 100 valence electrons. The van der Waals surface area contributed by atoms with Crippen molar-refractivity contribution in [2.24, 2.45) is 0 Å². The van der Waals surface area contributed by atoms with Gasteiger partial charge in [0.05, 0.1) is 0 Å². The van der Waals surface area contributed by atoms with Crippen molar-refractivity contribution in [1.82, 2.24) is 15.0 Å². The van der Waals surface area contributed by atoms with Crippen LogP contribution in [0.25, 0.3) is 0 Å². The Labute approximate surface area is 123 Å². The Morgan fingerprint density at radius 2 is 0.526 bits per heavy atom. The molecular weight excluding hydrogens is 281 g/mol.